The molecule has 1 fully saturated rings. The van der Waals surface area contributed by atoms with E-state index in [0.717, 1.165) is 17.1 Å². The number of nitrogens with zero attached hydrogens (tertiary/aromatic N) is 2. The lowest BCUT2D eigenvalue weighted by atomic mass is 10.2. The van der Waals surface area contributed by atoms with Crippen LogP contribution in [0.3, 0.4) is 0 Å². The number of nitrogens with two attached hydrogens (primary N) is 1. The van der Waals surface area contributed by atoms with Gasteiger partial charge in [0.25, 0.3) is 0 Å². The van der Waals surface area contributed by atoms with E-state index in [1.165, 1.54) is 12.8 Å². The topological polar surface area (TPSA) is 64.1 Å². The van der Waals surface area contributed by atoms with Gasteiger partial charge in [0.1, 0.15) is 5.75 Å². The minimum absolute atomic E-state index is 0.261. The van der Waals surface area contributed by atoms with Gasteiger partial charge in [0, 0.05) is 5.92 Å². The summed E-state index contributed by atoms with van der Waals surface area (Å²) >= 11 is 0. The summed E-state index contributed by atoms with van der Waals surface area (Å²) < 4.78 is 1.87. The van der Waals surface area contributed by atoms with Crippen LogP contribution in [0.5, 0.6) is 5.75 Å². The highest BCUT2D eigenvalue weighted by atomic mass is 16.3. The fraction of sp³-hybridized carbons (Fsp3) is 0.250. The summed E-state index contributed by atoms with van der Waals surface area (Å²) in [5.41, 5.74) is 8.72. The molecule has 4 heteroatoms. The molecule has 0 unspecified atom stereocenters. The summed E-state index contributed by atoms with van der Waals surface area (Å²) in [6.07, 6.45) is 4.07. The van der Waals surface area contributed by atoms with Crippen molar-refractivity contribution in [2.45, 2.75) is 18.8 Å². The van der Waals surface area contributed by atoms with Crippen molar-refractivity contribution in [3.63, 3.8) is 0 Å². The molecule has 1 aromatic heterocycles. The molecule has 0 bridgehead atoms. The van der Waals surface area contributed by atoms with Crippen molar-refractivity contribution in [1.29, 1.82) is 0 Å². The van der Waals surface area contributed by atoms with Crippen LogP contribution in [0.4, 0.5) is 5.69 Å². The Morgan fingerprint density at radius 2 is 1.94 bits per heavy atom. The first kappa shape index (κ1) is 9.27. The molecule has 1 aliphatic carbocycles. The van der Waals surface area contributed by atoms with E-state index in [1.807, 2.05) is 16.8 Å². The van der Waals surface area contributed by atoms with Crippen molar-refractivity contribution in [1.82, 2.24) is 9.78 Å². The third-order valence-electron chi connectivity index (χ3n) is 2.89. The number of hydrogen-bond acceptors (Lipinski definition) is 3. The number of benzene rings is 1. The van der Waals surface area contributed by atoms with Crippen LogP contribution in [-0.2, 0) is 0 Å². The van der Waals surface area contributed by atoms with Gasteiger partial charge >= 0.3 is 0 Å². The lowest BCUT2D eigenvalue weighted by Crippen LogP contribution is -2.02. The van der Waals surface area contributed by atoms with E-state index in [0.29, 0.717) is 5.92 Å². The molecule has 0 radical (unpaired) electrons. The third kappa shape index (κ3) is 1.43. The number of phenols is 1. The van der Waals surface area contributed by atoms with Crippen LogP contribution < -0.4 is 5.73 Å². The van der Waals surface area contributed by atoms with Crippen molar-refractivity contribution >= 4 is 5.69 Å². The molecule has 0 saturated heterocycles. The Kier molecular flexibility index (Phi) is 1.89. The van der Waals surface area contributed by atoms with Crippen LogP contribution in [-0.4, -0.2) is 14.9 Å². The van der Waals surface area contributed by atoms with Gasteiger partial charge < -0.3 is 10.8 Å². The Balaban J connectivity index is 2.08. The second-order valence-electron chi connectivity index (χ2n) is 4.19. The Hall–Kier alpha value is -1.97. The molecule has 4 nitrogen and oxygen atoms in total. The smallest absolute Gasteiger partial charge is 0.115 e. The van der Waals surface area contributed by atoms with E-state index in [-0.39, 0.29) is 5.75 Å². The SMILES string of the molecule is Nc1cnn(-c2ccc(O)cc2)c1C1CC1. The average Bonchev–Trinajstić information content (AvgIpc) is 3.04. The highest BCUT2D eigenvalue weighted by Crippen LogP contribution is 2.43. The predicted molar refractivity (Wildman–Crippen MR) is 61.6 cm³/mol. The Morgan fingerprint density at radius 3 is 2.56 bits per heavy atom. The molecule has 0 spiro atoms. The van der Waals surface area contributed by atoms with Gasteiger partial charge in [-0.15, -0.1) is 0 Å². The highest BCUT2D eigenvalue weighted by molar-refractivity contribution is 5.49. The number of phenolic OH excluding ortho intramolecular Hbond substituents is 1. The number of anilines is 1. The van der Waals surface area contributed by atoms with Gasteiger partial charge in [-0.2, -0.15) is 5.10 Å². The first-order valence-electron chi connectivity index (χ1n) is 5.38. The van der Waals surface area contributed by atoms with E-state index in [4.69, 9.17) is 5.73 Å². The van der Waals surface area contributed by atoms with Crippen LogP contribution in [0.25, 0.3) is 5.69 Å². The van der Waals surface area contributed by atoms with E-state index < -0.39 is 0 Å². The second kappa shape index (κ2) is 3.27. The number of nitrogen functional groups attached to an aromatic ring is 1. The normalized spacial score (nSPS) is 15.2. The molecule has 3 rings (SSSR count). The molecule has 2 aromatic rings. The molecule has 1 aliphatic rings. The molecule has 1 saturated carbocycles. The predicted octanol–water partition coefficient (Wildman–Crippen LogP) is 2.04. The molecule has 16 heavy (non-hydrogen) atoms. The second-order valence-corrected chi connectivity index (χ2v) is 4.19. The molecule has 0 aliphatic heterocycles. The fourth-order valence-electron chi connectivity index (χ4n) is 1.94. The zero-order valence-electron chi connectivity index (χ0n) is 8.80. The first-order valence-corrected chi connectivity index (χ1v) is 5.38. The highest BCUT2D eigenvalue weighted by Gasteiger charge is 2.29. The molecular weight excluding hydrogens is 202 g/mol. The van der Waals surface area contributed by atoms with E-state index in [1.54, 1.807) is 18.3 Å². The molecule has 0 amide bonds. The third-order valence-corrected chi connectivity index (χ3v) is 2.89. The monoisotopic (exact) mass is 215 g/mol. The van der Waals surface area contributed by atoms with Crippen LogP contribution in [0.1, 0.15) is 24.5 Å². The average molecular weight is 215 g/mol. The minimum atomic E-state index is 0.261. The van der Waals surface area contributed by atoms with Crippen molar-refractivity contribution < 1.29 is 5.11 Å². The summed E-state index contributed by atoms with van der Waals surface area (Å²) in [7, 11) is 0. The maximum absolute atomic E-state index is 9.25. The Labute approximate surface area is 93.3 Å². The van der Waals surface area contributed by atoms with Crippen molar-refractivity contribution in [2.24, 2.45) is 0 Å². The molecule has 1 aromatic carbocycles. The summed E-state index contributed by atoms with van der Waals surface area (Å²) in [5, 5.41) is 13.5. The van der Waals surface area contributed by atoms with Gasteiger partial charge in [0.2, 0.25) is 0 Å². The number of rotatable bonds is 2. The van der Waals surface area contributed by atoms with E-state index in [9.17, 15) is 5.11 Å². The van der Waals surface area contributed by atoms with Gasteiger partial charge in [-0.05, 0) is 37.1 Å². The summed E-state index contributed by atoms with van der Waals surface area (Å²) in [6, 6.07) is 7.00. The van der Waals surface area contributed by atoms with Crippen LogP contribution in [0, 0.1) is 0 Å². The van der Waals surface area contributed by atoms with Crippen LogP contribution in [0.15, 0.2) is 30.5 Å². The Morgan fingerprint density at radius 1 is 1.25 bits per heavy atom. The van der Waals surface area contributed by atoms with Crippen LogP contribution in [0.2, 0.25) is 0 Å². The van der Waals surface area contributed by atoms with Gasteiger partial charge in [-0.3, -0.25) is 0 Å². The molecule has 82 valence electrons. The Bertz CT molecular complexity index is 512. The van der Waals surface area contributed by atoms with Crippen molar-refractivity contribution in [3.05, 3.63) is 36.2 Å². The fourth-order valence-corrected chi connectivity index (χ4v) is 1.94. The number of aromatic nitrogens is 2. The summed E-state index contributed by atoms with van der Waals surface area (Å²) in [4.78, 5) is 0. The molecule has 1 heterocycles. The standard InChI is InChI=1S/C12H13N3O/c13-11-7-14-15(12(11)8-1-2-8)9-3-5-10(16)6-4-9/h3-8,16H,1-2,13H2. The van der Waals surface area contributed by atoms with Gasteiger partial charge in [0.05, 0.1) is 23.3 Å². The lowest BCUT2D eigenvalue weighted by molar-refractivity contribution is 0.475. The summed E-state index contributed by atoms with van der Waals surface area (Å²) in [6.45, 7) is 0. The van der Waals surface area contributed by atoms with Gasteiger partial charge in [-0.1, -0.05) is 0 Å². The first-order chi connectivity index (χ1) is 7.75. The minimum Gasteiger partial charge on any atom is -0.508 e. The van der Waals surface area contributed by atoms with Crippen LogP contribution >= 0.6 is 0 Å². The number of hydrogen-bond donors (Lipinski definition) is 2. The maximum atomic E-state index is 9.25. The number of aromatic hydroxyl groups is 1. The lowest BCUT2D eigenvalue weighted by Gasteiger charge is -2.07. The van der Waals surface area contributed by atoms with E-state index in [2.05, 4.69) is 5.10 Å². The molecular formula is C12H13N3O. The van der Waals surface area contributed by atoms with Gasteiger partial charge in [0.15, 0.2) is 0 Å². The molecule has 3 N–H and O–H groups in total. The quantitative estimate of drug-likeness (QED) is 0.805. The van der Waals surface area contributed by atoms with Crippen molar-refractivity contribution in [3.8, 4) is 11.4 Å². The maximum Gasteiger partial charge on any atom is 0.115 e. The zero-order chi connectivity index (χ0) is 11.1. The summed E-state index contributed by atoms with van der Waals surface area (Å²) in [5.74, 6) is 0.813. The molecule has 0 atom stereocenters. The van der Waals surface area contributed by atoms with Gasteiger partial charge in [-0.25, -0.2) is 4.68 Å². The van der Waals surface area contributed by atoms with E-state index >= 15 is 0 Å². The zero-order valence-corrected chi connectivity index (χ0v) is 8.80. The largest absolute Gasteiger partial charge is 0.508 e. The van der Waals surface area contributed by atoms with Crippen molar-refractivity contribution in [2.75, 3.05) is 5.73 Å².